The second kappa shape index (κ2) is 9.34. The fourth-order valence-electron chi connectivity index (χ4n) is 4.52. The molecule has 16 heteroatoms. The summed E-state index contributed by atoms with van der Waals surface area (Å²) >= 11 is 0. The van der Waals surface area contributed by atoms with Crippen molar-refractivity contribution in [2.45, 2.75) is 38.0 Å². The third-order valence-corrected chi connectivity index (χ3v) is 7.56. The fraction of sp³-hybridized carbons (Fsp3) is 0.455. The van der Waals surface area contributed by atoms with Gasteiger partial charge in [-0.2, -0.15) is 9.29 Å². The van der Waals surface area contributed by atoms with Crippen LogP contribution in [0.15, 0.2) is 24.4 Å². The first-order chi connectivity index (χ1) is 17.9. The average Bonchev–Trinajstić information content (AvgIpc) is 3.38. The second-order valence-corrected chi connectivity index (χ2v) is 11.2. The van der Waals surface area contributed by atoms with E-state index in [9.17, 15) is 21.6 Å². The maximum atomic E-state index is 15.3. The van der Waals surface area contributed by atoms with Gasteiger partial charge in [0.05, 0.1) is 49.8 Å². The zero-order chi connectivity index (χ0) is 27.4. The fourth-order valence-corrected chi connectivity index (χ4v) is 5.36. The Labute approximate surface area is 214 Å². The Kier molecular flexibility index (Phi) is 6.41. The second-order valence-electron chi connectivity index (χ2n) is 9.19. The third kappa shape index (κ3) is 4.73. The number of ether oxygens (including phenoxy) is 1. The molecule has 0 radical (unpaired) electrons. The molecule has 0 bridgehead atoms. The van der Waals surface area contributed by atoms with E-state index in [4.69, 9.17) is 4.74 Å². The zero-order valence-electron chi connectivity index (χ0n) is 20.6. The number of halogens is 4. The molecule has 1 saturated heterocycles. The summed E-state index contributed by atoms with van der Waals surface area (Å²) in [5.74, 6) is -4.42. The van der Waals surface area contributed by atoms with E-state index in [-0.39, 0.29) is 42.4 Å². The number of nitrogens with zero attached hydrogens (tertiary/aromatic N) is 7. The smallest absolute Gasteiger partial charge is 0.281 e. The van der Waals surface area contributed by atoms with Crippen LogP contribution in [0, 0.1) is 5.82 Å². The Morgan fingerprint density at radius 1 is 1.32 bits per heavy atom. The van der Waals surface area contributed by atoms with Crippen molar-refractivity contribution >= 4 is 32.5 Å². The molecule has 4 heterocycles. The van der Waals surface area contributed by atoms with E-state index >= 15 is 4.39 Å². The first kappa shape index (κ1) is 26.1. The highest BCUT2D eigenvalue weighted by Crippen LogP contribution is 2.36. The number of fused-ring (bicyclic) bond motifs is 2. The Hall–Kier alpha value is -3.53. The molecule has 2 atom stereocenters. The summed E-state index contributed by atoms with van der Waals surface area (Å²) in [4.78, 5) is 4.18. The van der Waals surface area contributed by atoms with Crippen molar-refractivity contribution in [1.29, 1.82) is 0 Å². The maximum Gasteiger partial charge on any atom is 0.281 e. The number of alkyl halides is 3. The third-order valence-electron chi connectivity index (χ3n) is 6.31. The van der Waals surface area contributed by atoms with Crippen LogP contribution in [0.4, 0.5) is 23.5 Å². The normalized spacial score (nSPS) is 19.2. The lowest BCUT2D eigenvalue weighted by Gasteiger charge is -2.37. The number of benzene rings is 1. The van der Waals surface area contributed by atoms with Crippen LogP contribution in [0.3, 0.4) is 0 Å². The van der Waals surface area contributed by atoms with Crippen molar-refractivity contribution < 1.29 is 30.7 Å². The van der Waals surface area contributed by atoms with E-state index in [1.54, 1.807) is 18.2 Å². The standard InChI is InChI=1S/C22H24F4N8O3S/c1-12(23)9-33-16-8-13(4-5-15(16)29-31-33)18-14(24)10-34-19(18)20(37-2)28-21(30-34)27-17-6-7-32(38(3,35)36)11-22(17,25)26/h4-5,8,10,12,17H,6-7,9,11H2,1-3H3,(H,27,30)/t12-,17-/m1/s1. The van der Waals surface area contributed by atoms with Crippen LogP contribution >= 0.6 is 0 Å². The Balaban J connectivity index is 1.52. The molecule has 1 aromatic carbocycles. The molecule has 11 nitrogen and oxygen atoms in total. The number of piperidine rings is 1. The van der Waals surface area contributed by atoms with E-state index in [0.29, 0.717) is 16.6 Å². The molecule has 0 unspecified atom stereocenters. The summed E-state index contributed by atoms with van der Waals surface area (Å²) in [5, 5.41) is 14.7. The predicted octanol–water partition coefficient (Wildman–Crippen LogP) is 2.73. The Morgan fingerprint density at radius 3 is 2.74 bits per heavy atom. The highest BCUT2D eigenvalue weighted by molar-refractivity contribution is 7.88. The minimum atomic E-state index is -3.78. The molecule has 0 aliphatic carbocycles. The van der Waals surface area contributed by atoms with Gasteiger partial charge in [-0.1, -0.05) is 11.3 Å². The van der Waals surface area contributed by atoms with Crippen molar-refractivity contribution in [3.8, 4) is 17.0 Å². The number of rotatable bonds is 7. The highest BCUT2D eigenvalue weighted by Gasteiger charge is 2.47. The van der Waals surface area contributed by atoms with Crippen LogP contribution < -0.4 is 10.1 Å². The molecule has 3 aromatic heterocycles. The summed E-state index contributed by atoms with van der Waals surface area (Å²) in [7, 11) is -2.48. The number of anilines is 1. The van der Waals surface area contributed by atoms with Gasteiger partial charge in [-0.25, -0.2) is 35.2 Å². The maximum absolute atomic E-state index is 15.3. The molecule has 38 heavy (non-hydrogen) atoms. The Bertz CT molecular complexity index is 1620. The van der Waals surface area contributed by atoms with E-state index in [0.717, 1.165) is 21.3 Å². The quantitative estimate of drug-likeness (QED) is 0.345. The van der Waals surface area contributed by atoms with Gasteiger partial charge in [-0.05, 0) is 31.0 Å². The molecule has 4 aromatic rings. The molecule has 1 fully saturated rings. The average molecular weight is 557 g/mol. The van der Waals surface area contributed by atoms with Gasteiger partial charge in [-0.3, -0.25) is 0 Å². The lowest BCUT2D eigenvalue weighted by atomic mass is 10.0. The first-order valence-electron chi connectivity index (χ1n) is 11.6. The first-order valence-corrected chi connectivity index (χ1v) is 13.4. The van der Waals surface area contributed by atoms with E-state index in [1.165, 1.54) is 18.7 Å². The molecule has 1 N–H and O–H groups in total. The molecular weight excluding hydrogens is 532 g/mol. The van der Waals surface area contributed by atoms with Crippen LogP contribution in [0.25, 0.3) is 27.7 Å². The van der Waals surface area contributed by atoms with Crippen molar-refractivity contribution in [3.63, 3.8) is 0 Å². The minimum absolute atomic E-state index is 0.0336. The van der Waals surface area contributed by atoms with Gasteiger partial charge < -0.3 is 10.1 Å². The number of methoxy groups -OCH3 is 1. The molecule has 0 saturated carbocycles. The molecule has 204 valence electrons. The Morgan fingerprint density at radius 2 is 2.08 bits per heavy atom. The van der Waals surface area contributed by atoms with Gasteiger partial charge in [-0.15, -0.1) is 10.2 Å². The van der Waals surface area contributed by atoms with Crippen LogP contribution in [0.5, 0.6) is 5.88 Å². The van der Waals surface area contributed by atoms with Crippen LogP contribution in [0.1, 0.15) is 13.3 Å². The van der Waals surface area contributed by atoms with Gasteiger partial charge >= 0.3 is 0 Å². The van der Waals surface area contributed by atoms with Crippen molar-refractivity contribution in [3.05, 3.63) is 30.2 Å². The summed E-state index contributed by atoms with van der Waals surface area (Å²) < 4.78 is 90.4. The van der Waals surface area contributed by atoms with E-state index in [2.05, 4.69) is 25.7 Å². The number of hydrogen-bond acceptors (Lipinski definition) is 8. The monoisotopic (exact) mass is 556 g/mol. The molecular formula is C22H24F4N8O3S. The number of nitrogens with one attached hydrogen (secondary N) is 1. The van der Waals surface area contributed by atoms with E-state index < -0.39 is 40.5 Å². The van der Waals surface area contributed by atoms with Gasteiger partial charge in [0.2, 0.25) is 21.9 Å². The molecule has 0 spiro atoms. The predicted molar refractivity (Wildman–Crippen MR) is 130 cm³/mol. The largest absolute Gasteiger partial charge is 0.479 e. The summed E-state index contributed by atoms with van der Waals surface area (Å²) in [6, 6.07) is 3.38. The van der Waals surface area contributed by atoms with Crippen LogP contribution in [-0.4, -0.2) is 86.9 Å². The van der Waals surface area contributed by atoms with Gasteiger partial charge in [0.1, 0.15) is 17.2 Å². The van der Waals surface area contributed by atoms with Crippen molar-refractivity contribution in [1.82, 2.24) is 33.9 Å². The number of hydrogen-bond donors (Lipinski definition) is 1. The van der Waals surface area contributed by atoms with Crippen LogP contribution in [-0.2, 0) is 16.6 Å². The minimum Gasteiger partial charge on any atom is -0.479 e. The summed E-state index contributed by atoms with van der Waals surface area (Å²) in [5.41, 5.74) is 1.62. The van der Waals surface area contributed by atoms with Gasteiger partial charge in [0.15, 0.2) is 5.82 Å². The molecule has 1 aliphatic heterocycles. The molecule has 5 rings (SSSR count). The van der Waals surface area contributed by atoms with Crippen molar-refractivity contribution in [2.75, 3.05) is 31.8 Å². The van der Waals surface area contributed by atoms with Gasteiger partial charge in [0.25, 0.3) is 5.92 Å². The summed E-state index contributed by atoms with van der Waals surface area (Å²) in [6.45, 7) is 0.258. The van der Waals surface area contributed by atoms with Crippen LogP contribution in [0.2, 0.25) is 0 Å². The summed E-state index contributed by atoms with van der Waals surface area (Å²) in [6.07, 6.45) is 0.559. The lowest BCUT2D eigenvalue weighted by Crippen LogP contribution is -2.55. The van der Waals surface area contributed by atoms with Crippen molar-refractivity contribution in [2.24, 2.45) is 0 Å². The number of aromatic nitrogens is 6. The SMILES string of the molecule is COc1nc(N[C@@H]2CCN(S(C)(=O)=O)CC2(F)F)nn2cc(F)c(-c3ccc4nnn(C[C@@H](C)F)c4c3)c12. The lowest BCUT2D eigenvalue weighted by molar-refractivity contribution is -0.0541. The highest BCUT2D eigenvalue weighted by atomic mass is 32.2. The zero-order valence-corrected chi connectivity index (χ0v) is 21.4. The van der Waals surface area contributed by atoms with Gasteiger partial charge in [0, 0.05) is 6.54 Å². The topological polar surface area (TPSA) is 120 Å². The van der Waals surface area contributed by atoms with E-state index in [1.807, 2.05) is 0 Å². The number of sulfonamides is 1. The molecule has 1 aliphatic rings. The molecule has 0 amide bonds.